The molecule has 2 aromatic carbocycles. The molecule has 5 heteroatoms. The van der Waals surface area contributed by atoms with Crippen LogP contribution in [0.5, 0.6) is 0 Å². The fraction of sp³-hybridized carbons (Fsp3) is 0.538. The van der Waals surface area contributed by atoms with Gasteiger partial charge in [-0.2, -0.15) is 0 Å². The Balaban J connectivity index is 1.97. The summed E-state index contributed by atoms with van der Waals surface area (Å²) in [6, 6.07) is 21.0. The summed E-state index contributed by atoms with van der Waals surface area (Å²) < 4.78 is 19.1. The normalized spacial score (nSPS) is 21.1. The minimum Gasteiger partial charge on any atom is -0.404 e. The highest BCUT2D eigenvalue weighted by Crippen LogP contribution is 2.39. The largest absolute Gasteiger partial charge is 0.404 e. The van der Waals surface area contributed by atoms with E-state index in [0.29, 0.717) is 6.61 Å². The second-order valence-corrected chi connectivity index (χ2v) is 14.2. The summed E-state index contributed by atoms with van der Waals surface area (Å²) in [4.78, 5) is 0. The predicted molar refractivity (Wildman–Crippen MR) is 128 cm³/mol. The van der Waals surface area contributed by atoms with Crippen molar-refractivity contribution in [1.82, 2.24) is 0 Å². The molecule has 0 bridgehead atoms. The third-order valence-corrected chi connectivity index (χ3v) is 11.6. The molecular formula is C26H38O4Si. The van der Waals surface area contributed by atoms with Gasteiger partial charge in [0.2, 0.25) is 0 Å². The van der Waals surface area contributed by atoms with E-state index in [2.05, 4.69) is 83.1 Å². The maximum Gasteiger partial charge on any atom is 0.261 e. The zero-order valence-electron chi connectivity index (χ0n) is 19.9. The zero-order chi connectivity index (χ0) is 22.8. The summed E-state index contributed by atoms with van der Waals surface area (Å²) in [6.45, 7) is 13.2. The monoisotopic (exact) mass is 442 g/mol. The van der Waals surface area contributed by atoms with E-state index >= 15 is 0 Å². The Morgan fingerprint density at radius 3 is 1.81 bits per heavy atom. The van der Waals surface area contributed by atoms with E-state index in [0.717, 1.165) is 12.8 Å². The summed E-state index contributed by atoms with van der Waals surface area (Å²) in [6.07, 6.45) is 1.09. The average Bonchev–Trinajstić information content (AvgIpc) is 3.21. The molecule has 0 unspecified atom stereocenters. The molecule has 2 atom stereocenters. The van der Waals surface area contributed by atoms with Crippen LogP contribution < -0.4 is 10.4 Å². The SMILES string of the molecule is CCC1(CC)OC[C@@H]([C@@](C)(O)CO[Si](c2ccccc2)(c2ccccc2)C(C)(C)C)O1. The van der Waals surface area contributed by atoms with Gasteiger partial charge >= 0.3 is 0 Å². The molecule has 1 heterocycles. The van der Waals surface area contributed by atoms with Gasteiger partial charge in [-0.25, -0.2) is 0 Å². The number of hydrogen-bond acceptors (Lipinski definition) is 4. The Hall–Kier alpha value is -1.50. The Labute approximate surface area is 188 Å². The summed E-state index contributed by atoms with van der Waals surface area (Å²) in [5.74, 6) is -0.605. The molecule has 170 valence electrons. The molecule has 31 heavy (non-hydrogen) atoms. The molecule has 1 saturated heterocycles. The van der Waals surface area contributed by atoms with Gasteiger partial charge < -0.3 is 19.0 Å². The van der Waals surface area contributed by atoms with E-state index in [4.69, 9.17) is 13.9 Å². The first-order valence-electron chi connectivity index (χ1n) is 11.4. The van der Waals surface area contributed by atoms with Crippen molar-refractivity contribution in [3.8, 4) is 0 Å². The minimum absolute atomic E-state index is 0.143. The Kier molecular flexibility index (Phi) is 7.14. The van der Waals surface area contributed by atoms with E-state index in [-0.39, 0.29) is 11.6 Å². The lowest BCUT2D eigenvalue weighted by atomic mass is 10.0. The maximum absolute atomic E-state index is 11.5. The van der Waals surface area contributed by atoms with Crippen molar-refractivity contribution >= 4 is 18.7 Å². The quantitative estimate of drug-likeness (QED) is 0.621. The molecule has 0 aliphatic carbocycles. The highest BCUT2D eigenvalue weighted by Gasteiger charge is 2.53. The van der Waals surface area contributed by atoms with Crippen LogP contribution in [0.1, 0.15) is 54.4 Å². The van der Waals surface area contributed by atoms with Crippen molar-refractivity contribution in [3.05, 3.63) is 60.7 Å². The molecule has 0 aromatic heterocycles. The first kappa shape index (κ1) is 24.1. The molecule has 1 aliphatic rings. The fourth-order valence-electron chi connectivity index (χ4n) is 4.59. The molecule has 0 spiro atoms. The molecule has 4 nitrogen and oxygen atoms in total. The van der Waals surface area contributed by atoms with Crippen molar-refractivity contribution in [2.24, 2.45) is 0 Å². The molecule has 0 amide bonds. The molecule has 0 radical (unpaired) electrons. The van der Waals surface area contributed by atoms with E-state index in [1.54, 1.807) is 6.92 Å². The second kappa shape index (κ2) is 9.16. The summed E-state index contributed by atoms with van der Waals surface area (Å²) in [7, 11) is -2.72. The van der Waals surface area contributed by atoms with Crippen LogP contribution in [0.2, 0.25) is 5.04 Å². The molecule has 2 aromatic rings. The van der Waals surface area contributed by atoms with Crippen LogP contribution in [0, 0.1) is 0 Å². The molecule has 3 rings (SSSR count). The van der Waals surface area contributed by atoms with E-state index in [9.17, 15) is 5.11 Å². The van der Waals surface area contributed by atoms with Gasteiger partial charge in [-0.05, 0) is 35.2 Å². The van der Waals surface area contributed by atoms with Gasteiger partial charge in [0.15, 0.2) is 5.79 Å². The van der Waals surface area contributed by atoms with Gasteiger partial charge in [-0.3, -0.25) is 0 Å². The number of hydrogen-bond donors (Lipinski definition) is 1. The van der Waals surface area contributed by atoms with Crippen LogP contribution in [0.25, 0.3) is 0 Å². The highest BCUT2D eigenvalue weighted by atomic mass is 28.4. The van der Waals surface area contributed by atoms with Crippen LogP contribution in [0.3, 0.4) is 0 Å². The molecule has 0 saturated carbocycles. The lowest BCUT2D eigenvalue weighted by Crippen LogP contribution is -2.68. The first-order chi connectivity index (χ1) is 14.6. The number of rotatable bonds is 8. The van der Waals surface area contributed by atoms with Gasteiger partial charge in [0.05, 0.1) is 13.2 Å². The number of ether oxygens (including phenoxy) is 2. The summed E-state index contributed by atoms with van der Waals surface area (Å²) in [5.41, 5.74) is -1.17. The molecule has 1 N–H and O–H groups in total. The first-order valence-corrected chi connectivity index (χ1v) is 13.3. The van der Waals surface area contributed by atoms with Gasteiger partial charge in [-0.15, -0.1) is 0 Å². The van der Waals surface area contributed by atoms with Gasteiger partial charge in [0.25, 0.3) is 8.32 Å². The van der Waals surface area contributed by atoms with Crippen molar-refractivity contribution in [3.63, 3.8) is 0 Å². The van der Waals surface area contributed by atoms with Crippen molar-refractivity contribution < 1.29 is 19.0 Å². The van der Waals surface area contributed by atoms with Gasteiger partial charge in [0.1, 0.15) is 11.7 Å². The van der Waals surface area contributed by atoms with Crippen LogP contribution in [-0.2, 0) is 13.9 Å². The smallest absolute Gasteiger partial charge is 0.261 e. The molecule has 1 aliphatic heterocycles. The minimum atomic E-state index is -2.72. The lowest BCUT2D eigenvalue weighted by molar-refractivity contribution is -0.196. The average molecular weight is 443 g/mol. The van der Waals surface area contributed by atoms with Crippen LogP contribution in [0.4, 0.5) is 0 Å². The van der Waals surface area contributed by atoms with Crippen molar-refractivity contribution in [2.75, 3.05) is 13.2 Å². The second-order valence-electron chi connectivity index (χ2n) is 9.84. The van der Waals surface area contributed by atoms with Crippen LogP contribution in [-0.4, -0.2) is 44.1 Å². The van der Waals surface area contributed by atoms with E-state index in [1.165, 1.54) is 10.4 Å². The van der Waals surface area contributed by atoms with Crippen molar-refractivity contribution in [2.45, 2.75) is 76.9 Å². The van der Waals surface area contributed by atoms with Crippen LogP contribution >= 0.6 is 0 Å². The highest BCUT2D eigenvalue weighted by molar-refractivity contribution is 6.99. The summed E-state index contributed by atoms with van der Waals surface area (Å²) in [5, 5.41) is 13.7. The molecular weight excluding hydrogens is 404 g/mol. The Bertz CT molecular complexity index is 786. The lowest BCUT2D eigenvalue weighted by Gasteiger charge is -2.45. The fourth-order valence-corrected chi connectivity index (χ4v) is 9.26. The van der Waals surface area contributed by atoms with E-state index in [1.807, 2.05) is 12.1 Å². The predicted octanol–water partition coefficient (Wildman–Crippen LogP) is 4.25. The van der Waals surface area contributed by atoms with Crippen LogP contribution in [0.15, 0.2) is 60.7 Å². The third kappa shape index (κ3) is 4.66. The maximum atomic E-state index is 11.5. The third-order valence-electron chi connectivity index (χ3n) is 6.62. The topological polar surface area (TPSA) is 47.9 Å². The zero-order valence-corrected chi connectivity index (χ0v) is 20.9. The molecule has 1 fully saturated rings. The number of benzene rings is 2. The Morgan fingerprint density at radius 1 is 0.935 bits per heavy atom. The standard InChI is InChI=1S/C26H38O4Si/c1-7-26(8-2)28-19-23(30-26)25(6,27)20-29-31(24(3,4)5,21-15-11-9-12-16-21)22-17-13-10-14-18-22/h9-18,23,27H,7-8,19-20H2,1-6H3/t23-,25-/m0/s1. The Morgan fingerprint density at radius 2 is 1.42 bits per heavy atom. The van der Waals surface area contributed by atoms with Gasteiger partial charge in [-0.1, -0.05) is 95.3 Å². The number of aliphatic hydroxyl groups is 1. The van der Waals surface area contributed by atoms with E-state index < -0.39 is 25.8 Å². The van der Waals surface area contributed by atoms with Gasteiger partial charge in [0, 0.05) is 0 Å². The van der Waals surface area contributed by atoms with Crippen molar-refractivity contribution in [1.29, 1.82) is 0 Å². The summed E-state index contributed by atoms with van der Waals surface area (Å²) >= 11 is 0.